The summed E-state index contributed by atoms with van der Waals surface area (Å²) in [7, 11) is 0. The minimum atomic E-state index is -0.665. The van der Waals surface area contributed by atoms with E-state index in [1.54, 1.807) is 24.3 Å². The van der Waals surface area contributed by atoms with Gasteiger partial charge in [0.1, 0.15) is 11.6 Å². The van der Waals surface area contributed by atoms with Crippen LogP contribution >= 0.6 is 0 Å². The molecule has 8 heteroatoms. The molecule has 1 aliphatic heterocycles. The molecule has 0 bridgehead atoms. The third-order valence-corrected chi connectivity index (χ3v) is 7.41. The predicted molar refractivity (Wildman–Crippen MR) is 125 cm³/mol. The molecular weight excluding hydrogens is 418 g/mol. The summed E-state index contributed by atoms with van der Waals surface area (Å²) < 4.78 is 0. The Balaban J connectivity index is 1.19. The zero-order valence-corrected chi connectivity index (χ0v) is 18.6. The number of hydrogen-bond acceptors (Lipinski definition) is 6. The molecule has 0 unspecified atom stereocenters. The molecule has 0 amide bonds. The maximum absolute atomic E-state index is 11.0. The Morgan fingerprint density at radius 3 is 2.36 bits per heavy atom. The van der Waals surface area contributed by atoms with E-state index in [1.807, 2.05) is 18.3 Å². The SMILES string of the molecule is O=C(O)CC1CCC2(CC1)CCN(c1ccc(-c3n[nH]c(-c4ccc(O)cc4)n3)cn1)CC2. The largest absolute Gasteiger partial charge is 0.508 e. The monoisotopic (exact) mass is 447 g/mol. The van der Waals surface area contributed by atoms with Gasteiger partial charge in [0, 0.05) is 36.8 Å². The lowest BCUT2D eigenvalue weighted by molar-refractivity contribution is -0.138. The van der Waals surface area contributed by atoms with Gasteiger partial charge in [0.25, 0.3) is 0 Å². The highest BCUT2D eigenvalue weighted by Crippen LogP contribution is 2.47. The van der Waals surface area contributed by atoms with Crippen LogP contribution in [0.2, 0.25) is 0 Å². The van der Waals surface area contributed by atoms with Gasteiger partial charge in [-0.25, -0.2) is 9.97 Å². The Bertz CT molecular complexity index is 1090. The van der Waals surface area contributed by atoms with Crippen molar-refractivity contribution < 1.29 is 15.0 Å². The number of aromatic nitrogens is 4. The molecule has 1 spiro atoms. The summed E-state index contributed by atoms with van der Waals surface area (Å²) in [4.78, 5) is 22.6. The number of H-pyrrole nitrogens is 1. The van der Waals surface area contributed by atoms with Gasteiger partial charge >= 0.3 is 5.97 Å². The molecule has 1 aliphatic carbocycles. The molecule has 0 atom stereocenters. The standard InChI is InChI=1S/C25H29N5O3/c31-20-4-1-18(2-5-20)23-27-24(29-28-23)19-3-6-21(26-16-19)30-13-11-25(12-14-30)9-7-17(8-10-25)15-22(32)33/h1-6,16-17,31H,7-15H2,(H,32,33)(H,27,28,29). The number of pyridine rings is 1. The van der Waals surface area contributed by atoms with Crippen LogP contribution in [0.15, 0.2) is 42.6 Å². The quantitative estimate of drug-likeness (QED) is 0.528. The number of aromatic hydroxyl groups is 1. The number of benzene rings is 1. The average molecular weight is 448 g/mol. The molecule has 3 aromatic rings. The fourth-order valence-corrected chi connectivity index (χ4v) is 5.30. The fraction of sp³-hybridized carbons (Fsp3) is 0.440. The van der Waals surface area contributed by atoms with Crippen molar-refractivity contribution in [2.24, 2.45) is 11.3 Å². The van der Waals surface area contributed by atoms with Gasteiger partial charge in [-0.2, -0.15) is 5.10 Å². The van der Waals surface area contributed by atoms with Crippen molar-refractivity contribution in [1.29, 1.82) is 0 Å². The smallest absolute Gasteiger partial charge is 0.303 e. The molecule has 3 heterocycles. The molecule has 3 N–H and O–H groups in total. The van der Waals surface area contributed by atoms with Gasteiger partial charge in [-0.1, -0.05) is 0 Å². The molecule has 2 fully saturated rings. The summed E-state index contributed by atoms with van der Waals surface area (Å²) >= 11 is 0. The minimum Gasteiger partial charge on any atom is -0.508 e. The number of phenols is 1. The first-order valence-corrected chi connectivity index (χ1v) is 11.6. The van der Waals surface area contributed by atoms with Gasteiger partial charge in [-0.05, 0) is 86.3 Å². The lowest BCUT2D eigenvalue weighted by Crippen LogP contribution is -2.42. The summed E-state index contributed by atoms with van der Waals surface area (Å²) in [6, 6.07) is 10.9. The molecule has 5 rings (SSSR count). The number of carboxylic acid groups (broad SMARTS) is 1. The Labute approximate surface area is 192 Å². The van der Waals surface area contributed by atoms with E-state index in [9.17, 15) is 9.90 Å². The summed E-state index contributed by atoms with van der Waals surface area (Å²) in [6.45, 7) is 1.98. The van der Waals surface area contributed by atoms with E-state index >= 15 is 0 Å². The number of rotatable bonds is 5. The maximum atomic E-state index is 11.0. The lowest BCUT2D eigenvalue weighted by atomic mass is 9.65. The van der Waals surface area contributed by atoms with E-state index in [2.05, 4.69) is 25.1 Å². The predicted octanol–water partition coefficient (Wildman–Crippen LogP) is 4.49. The van der Waals surface area contributed by atoms with Gasteiger partial charge in [-0.3, -0.25) is 9.89 Å². The van der Waals surface area contributed by atoms with Gasteiger partial charge in [-0.15, -0.1) is 0 Å². The van der Waals surface area contributed by atoms with Gasteiger partial charge in [0.2, 0.25) is 0 Å². The number of phenolic OH excluding ortho intramolecular Hbond substituents is 1. The molecule has 2 aliphatic rings. The van der Waals surface area contributed by atoms with Crippen LogP contribution in [0.25, 0.3) is 22.8 Å². The van der Waals surface area contributed by atoms with E-state index in [-0.39, 0.29) is 5.75 Å². The van der Waals surface area contributed by atoms with Gasteiger partial charge in [0.15, 0.2) is 11.6 Å². The number of aliphatic carboxylic acids is 1. The number of aromatic amines is 1. The molecule has 1 saturated carbocycles. The summed E-state index contributed by atoms with van der Waals surface area (Å²) in [5.41, 5.74) is 2.09. The van der Waals surface area contributed by atoms with Crippen LogP contribution in [0, 0.1) is 11.3 Å². The number of piperidine rings is 1. The van der Waals surface area contributed by atoms with Gasteiger partial charge in [0.05, 0.1) is 0 Å². The topological polar surface area (TPSA) is 115 Å². The van der Waals surface area contributed by atoms with Crippen LogP contribution in [0.3, 0.4) is 0 Å². The molecule has 2 aromatic heterocycles. The van der Waals surface area contributed by atoms with Crippen molar-refractivity contribution in [3.05, 3.63) is 42.6 Å². The average Bonchev–Trinajstić information content (AvgIpc) is 3.32. The summed E-state index contributed by atoms with van der Waals surface area (Å²) in [5.74, 6) is 2.11. The normalized spacial score (nSPS) is 18.5. The first kappa shape index (κ1) is 21.4. The fourth-order valence-electron chi connectivity index (χ4n) is 5.30. The van der Waals surface area contributed by atoms with Crippen molar-refractivity contribution in [2.45, 2.75) is 44.9 Å². The molecule has 33 heavy (non-hydrogen) atoms. The van der Waals surface area contributed by atoms with Crippen molar-refractivity contribution in [3.8, 4) is 28.5 Å². The van der Waals surface area contributed by atoms with E-state index in [4.69, 9.17) is 5.11 Å². The summed E-state index contributed by atoms with van der Waals surface area (Å²) in [5, 5.41) is 25.8. The van der Waals surface area contributed by atoms with E-state index in [0.29, 0.717) is 29.4 Å². The van der Waals surface area contributed by atoms with Crippen molar-refractivity contribution in [2.75, 3.05) is 18.0 Å². The first-order chi connectivity index (χ1) is 16.0. The molecule has 172 valence electrons. The van der Waals surface area contributed by atoms with Crippen LogP contribution in [0.4, 0.5) is 5.82 Å². The lowest BCUT2D eigenvalue weighted by Gasteiger charge is -2.46. The number of nitrogens with one attached hydrogen (secondary N) is 1. The highest BCUT2D eigenvalue weighted by Gasteiger charge is 2.38. The van der Waals surface area contributed by atoms with Crippen molar-refractivity contribution in [3.63, 3.8) is 0 Å². The highest BCUT2D eigenvalue weighted by atomic mass is 16.4. The molecule has 0 radical (unpaired) electrons. The zero-order valence-electron chi connectivity index (χ0n) is 18.6. The van der Waals surface area contributed by atoms with E-state index < -0.39 is 5.97 Å². The molecule has 8 nitrogen and oxygen atoms in total. The van der Waals surface area contributed by atoms with Crippen LogP contribution in [0.5, 0.6) is 5.75 Å². The Morgan fingerprint density at radius 1 is 1.03 bits per heavy atom. The van der Waals surface area contributed by atoms with Gasteiger partial charge < -0.3 is 15.1 Å². The summed E-state index contributed by atoms with van der Waals surface area (Å²) in [6.07, 6.45) is 8.82. The molecular formula is C25H29N5O3. The van der Waals surface area contributed by atoms with Crippen molar-refractivity contribution >= 4 is 11.8 Å². The van der Waals surface area contributed by atoms with Crippen LogP contribution < -0.4 is 4.90 Å². The Hall–Kier alpha value is -3.42. The second kappa shape index (κ2) is 8.84. The first-order valence-electron chi connectivity index (χ1n) is 11.6. The molecule has 1 saturated heterocycles. The number of carbonyl (C=O) groups is 1. The highest BCUT2D eigenvalue weighted by molar-refractivity contribution is 5.67. The number of anilines is 1. The number of hydrogen-bond donors (Lipinski definition) is 3. The zero-order chi connectivity index (χ0) is 22.8. The van der Waals surface area contributed by atoms with E-state index in [1.165, 1.54) is 0 Å². The third-order valence-electron chi connectivity index (χ3n) is 7.41. The second-order valence-electron chi connectivity index (χ2n) is 9.49. The number of carboxylic acids is 1. The third kappa shape index (κ3) is 4.69. The second-order valence-corrected chi connectivity index (χ2v) is 9.49. The van der Waals surface area contributed by atoms with Crippen LogP contribution in [0.1, 0.15) is 44.9 Å². The Kier molecular flexibility index (Phi) is 5.74. The number of nitrogens with zero attached hydrogens (tertiary/aromatic N) is 4. The minimum absolute atomic E-state index is 0.216. The van der Waals surface area contributed by atoms with Crippen molar-refractivity contribution in [1.82, 2.24) is 20.2 Å². The van der Waals surface area contributed by atoms with Crippen LogP contribution in [-0.4, -0.2) is 49.4 Å². The molecule has 1 aromatic carbocycles. The maximum Gasteiger partial charge on any atom is 0.303 e. The van der Waals surface area contributed by atoms with Crippen LogP contribution in [-0.2, 0) is 4.79 Å². The van der Waals surface area contributed by atoms with E-state index in [0.717, 1.165) is 68.6 Å². The Morgan fingerprint density at radius 2 is 1.73 bits per heavy atom.